The Bertz CT molecular complexity index is 842. The Morgan fingerprint density at radius 3 is 2.21 bits per heavy atom. The lowest BCUT2D eigenvalue weighted by Gasteiger charge is -2.20. The maximum atomic E-state index is 12.0. The van der Waals surface area contributed by atoms with Crippen LogP contribution >= 0.6 is 0 Å². The molecule has 24 heavy (non-hydrogen) atoms. The van der Waals surface area contributed by atoms with Crippen molar-refractivity contribution in [3.63, 3.8) is 0 Å². The minimum atomic E-state index is -3.51. The first-order chi connectivity index (χ1) is 10.8. The molecule has 0 aliphatic heterocycles. The lowest BCUT2D eigenvalue weighted by Crippen LogP contribution is -2.22. The third kappa shape index (κ3) is 4.66. The zero-order chi connectivity index (χ0) is 18.3. The summed E-state index contributed by atoms with van der Waals surface area (Å²) in [6.07, 6.45) is 3.60. The highest BCUT2D eigenvalue weighted by atomic mass is 32.2. The van der Waals surface area contributed by atoms with Crippen LogP contribution in [0.5, 0.6) is 0 Å². The molecule has 0 atom stereocenters. The van der Waals surface area contributed by atoms with Crippen LogP contribution in [0.15, 0.2) is 11.4 Å². The lowest BCUT2D eigenvalue weighted by molar-refractivity contribution is 0.412. The van der Waals surface area contributed by atoms with Gasteiger partial charge in [0.05, 0.1) is 6.20 Å². The predicted octanol–water partition coefficient (Wildman–Crippen LogP) is 2.57. The average molecular weight is 353 g/mol. The van der Waals surface area contributed by atoms with Gasteiger partial charge >= 0.3 is 0 Å². The van der Waals surface area contributed by atoms with E-state index in [0.29, 0.717) is 18.1 Å². The first-order valence-electron chi connectivity index (χ1n) is 7.95. The highest BCUT2D eigenvalue weighted by Gasteiger charge is 2.22. The molecule has 2 heterocycles. The van der Waals surface area contributed by atoms with Crippen LogP contribution in [0.4, 0.5) is 5.95 Å². The van der Waals surface area contributed by atoms with Crippen molar-refractivity contribution in [1.82, 2.24) is 19.6 Å². The highest BCUT2D eigenvalue weighted by molar-refractivity contribution is 7.90. The summed E-state index contributed by atoms with van der Waals surface area (Å²) in [6.45, 7) is 13.3. The number of fused-ring (bicyclic) bond motifs is 1. The smallest absolute Gasteiger partial charge is 0.252 e. The number of aromatic nitrogens is 4. The number of nitrogens with one attached hydrogen (secondary N) is 1. The molecule has 0 saturated carbocycles. The number of anilines is 1. The molecule has 2 aromatic heterocycles. The van der Waals surface area contributed by atoms with E-state index in [1.54, 1.807) is 10.7 Å². The molecule has 7 nitrogen and oxygen atoms in total. The SMILES string of the molecule is CC(C)(C)CNc1nc(S(C)(=O)=O)nc2c(CC(C)(C)C)cnn12. The van der Waals surface area contributed by atoms with Crippen molar-refractivity contribution in [2.24, 2.45) is 10.8 Å². The van der Waals surface area contributed by atoms with E-state index in [-0.39, 0.29) is 16.0 Å². The summed E-state index contributed by atoms with van der Waals surface area (Å²) in [5, 5.41) is 7.38. The molecule has 8 heteroatoms. The molecule has 0 spiro atoms. The fourth-order valence-corrected chi connectivity index (χ4v) is 2.73. The van der Waals surface area contributed by atoms with E-state index in [2.05, 4.69) is 61.9 Å². The third-order valence-electron chi connectivity index (χ3n) is 3.25. The first-order valence-corrected chi connectivity index (χ1v) is 9.84. The predicted molar refractivity (Wildman–Crippen MR) is 95.0 cm³/mol. The molecule has 0 saturated heterocycles. The van der Waals surface area contributed by atoms with Gasteiger partial charge in [-0.15, -0.1) is 0 Å². The Labute approximate surface area is 143 Å². The molecule has 0 aliphatic rings. The Hall–Kier alpha value is -1.70. The van der Waals surface area contributed by atoms with Crippen molar-refractivity contribution in [2.45, 2.75) is 53.1 Å². The minimum absolute atomic E-state index is 0.0178. The molecule has 0 aromatic carbocycles. The number of rotatable bonds is 4. The normalized spacial score (nSPS) is 13.5. The Morgan fingerprint density at radius 1 is 1.08 bits per heavy atom. The van der Waals surface area contributed by atoms with Gasteiger partial charge < -0.3 is 5.32 Å². The van der Waals surface area contributed by atoms with Gasteiger partial charge in [0, 0.05) is 18.4 Å². The van der Waals surface area contributed by atoms with E-state index < -0.39 is 9.84 Å². The van der Waals surface area contributed by atoms with Crippen LogP contribution in [0, 0.1) is 10.8 Å². The quantitative estimate of drug-likeness (QED) is 0.909. The van der Waals surface area contributed by atoms with Crippen molar-refractivity contribution in [3.05, 3.63) is 11.8 Å². The van der Waals surface area contributed by atoms with Crippen LogP contribution in [-0.2, 0) is 16.3 Å². The molecule has 1 N–H and O–H groups in total. The van der Waals surface area contributed by atoms with E-state index in [4.69, 9.17) is 0 Å². The molecular formula is C16H27N5O2S. The molecule has 0 unspecified atom stereocenters. The first kappa shape index (κ1) is 18.6. The molecule has 0 aliphatic carbocycles. The summed E-state index contributed by atoms with van der Waals surface area (Å²) in [6, 6.07) is 0. The Morgan fingerprint density at radius 2 is 1.71 bits per heavy atom. The molecular weight excluding hydrogens is 326 g/mol. The van der Waals surface area contributed by atoms with Gasteiger partial charge in [-0.05, 0) is 17.3 Å². The Balaban J connectivity index is 2.59. The maximum Gasteiger partial charge on any atom is 0.252 e. The fraction of sp³-hybridized carbons (Fsp3) is 0.688. The van der Waals surface area contributed by atoms with Gasteiger partial charge in [0.25, 0.3) is 5.16 Å². The van der Waals surface area contributed by atoms with Crippen LogP contribution in [0.3, 0.4) is 0 Å². The molecule has 0 amide bonds. The van der Waals surface area contributed by atoms with Crippen molar-refractivity contribution in [2.75, 3.05) is 18.1 Å². The second kappa shape index (κ2) is 5.98. The topological polar surface area (TPSA) is 89.2 Å². The van der Waals surface area contributed by atoms with Gasteiger partial charge in [0.1, 0.15) is 0 Å². The zero-order valence-corrected chi connectivity index (χ0v) is 16.3. The molecule has 0 fully saturated rings. The van der Waals surface area contributed by atoms with E-state index in [1.165, 1.54) is 0 Å². The molecule has 2 aromatic rings. The third-order valence-corrected chi connectivity index (χ3v) is 4.10. The van der Waals surface area contributed by atoms with Crippen molar-refractivity contribution < 1.29 is 8.42 Å². The van der Waals surface area contributed by atoms with E-state index in [9.17, 15) is 8.42 Å². The minimum Gasteiger partial charge on any atom is -0.354 e. The summed E-state index contributed by atoms with van der Waals surface area (Å²) in [7, 11) is -3.51. The van der Waals surface area contributed by atoms with E-state index in [1.807, 2.05) is 0 Å². The zero-order valence-electron chi connectivity index (χ0n) is 15.5. The van der Waals surface area contributed by atoms with Gasteiger partial charge in [0.2, 0.25) is 15.8 Å². The maximum absolute atomic E-state index is 12.0. The summed E-state index contributed by atoms with van der Waals surface area (Å²) >= 11 is 0. The van der Waals surface area contributed by atoms with Gasteiger partial charge in [-0.2, -0.15) is 19.6 Å². The Kier molecular flexibility index (Phi) is 4.65. The second-order valence-electron chi connectivity index (χ2n) is 8.66. The lowest BCUT2D eigenvalue weighted by atomic mass is 9.89. The van der Waals surface area contributed by atoms with Gasteiger partial charge in [-0.25, -0.2) is 8.42 Å². The van der Waals surface area contributed by atoms with Gasteiger partial charge in [-0.1, -0.05) is 41.5 Å². The van der Waals surface area contributed by atoms with Crippen LogP contribution in [-0.4, -0.2) is 40.8 Å². The average Bonchev–Trinajstić information content (AvgIpc) is 2.75. The number of sulfone groups is 1. The second-order valence-corrected chi connectivity index (χ2v) is 10.6. The van der Waals surface area contributed by atoms with Crippen molar-refractivity contribution in [3.8, 4) is 0 Å². The molecule has 0 bridgehead atoms. The van der Waals surface area contributed by atoms with Crippen molar-refractivity contribution in [1.29, 1.82) is 0 Å². The summed E-state index contributed by atoms with van der Waals surface area (Å²) in [5.74, 6) is 0.399. The number of hydrogen-bond acceptors (Lipinski definition) is 6. The number of hydrogen-bond donors (Lipinski definition) is 1. The largest absolute Gasteiger partial charge is 0.354 e. The molecule has 2 rings (SSSR count). The van der Waals surface area contributed by atoms with Crippen LogP contribution in [0.2, 0.25) is 0 Å². The van der Waals surface area contributed by atoms with Gasteiger partial charge in [-0.3, -0.25) is 0 Å². The van der Waals surface area contributed by atoms with Gasteiger partial charge in [0.15, 0.2) is 5.65 Å². The monoisotopic (exact) mass is 353 g/mol. The number of nitrogens with zero attached hydrogens (tertiary/aromatic N) is 4. The molecule has 0 radical (unpaired) electrons. The van der Waals surface area contributed by atoms with Crippen LogP contribution < -0.4 is 5.32 Å². The highest BCUT2D eigenvalue weighted by Crippen LogP contribution is 2.25. The van der Waals surface area contributed by atoms with E-state index >= 15 is 0 Å². The van der Waals surface area contributed by atoms with Crippen LogP contribution in [0.1, 0.15) is 47.1 Å². The summed E-state index contributed by atoms with van der Waals surface area (Å²) in [4.78, 5) is 8.43. The fourth-order valence-electron chi connectivity index (χ4n) is 2.22. The summed E-state index contributed by atoms with van der Waals surface area (Å²) < 4.78 is 25.5. The van der Waals surface area contributed by atoms with Crippen LogP contribution in [0.25, 0.3) is 5.65 Å². The standard InChI is InChI=1S/C16H27N5O2S/c1-15(2,3)8-11-9-18-21-12(11)19-14(24(7,22)23)20-13(21)17-10-16(4,5)6/h9H,8,10H2,1-7H3,(H,17,19,20). The van der Waals surface area contributed by atoms with Crippen molar-refractivity contribution >= 4 is 21.4 Å². The molecule has 134 valence electrons. The summed E-state index contributed by atoms with van der Waals surface area (Å²) in [5.41, 5.74) is 1.51. The van der Waals surface area contributed by atoms with E-state index in [0.717, 1.165) is 18.2 Å².